The lowest BCUT2D eigenvalue weighted by Crippen LogP contribution is -2.38. The topological polar surface area (TPSA) is 46.3 Å². The van der Waals surface area contributed by atoms with Crippen LogP contribution in [-0.4, -0.2) is 30.4 Å². The summed E-state index contributed by atoms with van der Waals surface area (Å²) >= 11 is 0. The molecule has 0 aliphatic carbocycles. The second kappa shape index (κ2) is 8.52. The fourth-order valence-corrected chi connectivity index (χ4v) is 2.84. The predicted octanol–water partition coefficient (Wildman–Crippen LogP) is 2.79. The molecule has 0 spiro atoms. The first-order chi connectivity index (χ1) is 8.67. The smallest absolute Gasteiger partial charge is 0.222 e. The number of nitrogens with zero attached hydrogens (tertiary/aromatic N) is 1. The molecule has 1 aliphatic heterocycles. The lowest BCUT2D eigenvalue weighted by molar-refractivity contribution is -0.132. The van der Waals surface area contributed by atoms with Gasteiger partial charge in [-0.1, -0.05) is 26.7 Å². The van der Waals surface area contributed by atoms with Crippen LogP contribution in [0.2, 0.25) is 0 Å². The highest BCUT2D eigenvalue weighted by atomic mass is 16.2. The Balaban J connectivity index is 2.19. The minimum Gasteiger partial charge on any atom is -0.343 e. The number of carbonyl (C=O) groups is 1. The zero-order chi connectivity index (χ0) is 13.4. The van der Waals surface area contributed by atoms with Crippen molar-refractivity contribution in [3.05, 3.63) is 0 Å². The second-order valence-electron chi connectivity index (χ2n) is 5.83. The van der Waals surface area contributed by atoms with Gasteiger partial charge in [-0.2, -0.15) is 0 Å². The Bertz CT molecular complexity index is 235. The summed E-state index contributed by atoms with van der Waals surface area (Å²) in [6.45, 7) is 7.13. The maximum Gasteiger partial charge on any atom is 0.222 e. The SMILES string of the molecule is CCCC1CCN(C(=O)CCC(C)CCN)CC1. The van der Waals surface area contributed by atoms with Crippen molar-refractivity contribution in [2.24, 2.45) is 17.6 Å². The van der Waals surface area contributed by atoms with Crippen LogP contribution >= 0.6 is 0 Å². The van der Waals surface area contributed by atoms with Crippen LogP contribution in [0, 0.1) is 11.8 Å². The Morgan fingerprint density at radius 1 is 1.33 bits per heavy atom. The van der Waals surface area contributed by atoms with Crippen LogP contribution in [-0.2, 0) is 4.79 Å². The molecule has 18 heavy (non-hydrogen) atoms. The molecule has 1 rings (SSSR count). The molecule has 1 heterocycles. The van der Waals surface area contributed by atoms with E-state index in [1.165, 1.54) is 25.7 Å². The van der Waals surface area contributed by atoms with Gasteiger partial charge in [0.05, 0.1) is 0 Å². The minimum absolute atomic E-state index is 0.355. The molecule has 0 aromatic rings. The van der Waals surface area contributed by atoms with Gasteiger partial charge in [0.1, 0.15) is 0 Å². The van der Waals surface area contributed by atoms with Gasteiger partial charge in [0.25, 0.3) is 0 Å². The van der Waals surface area contributed by atoms with Gasteiger partial charge in [-0.25, -0.2) is 0 Å². The Hall–Kier alpha value is -0.570. The maximum atomic E-state index is 12.1. The normalized spacial score (nSPS) is 18.9. The number of rotatable bonds is 7. The van der Waals surface area contributed by atoms with E-state index in [-0.39, 0.29) is 0 Å². The maximum absolute atomic E-state index is 12.1. The molecule has 0 aromatic heterocycles. The van der Waals surface area contributed by atoms with E-state index in [1.807, 2.05) is 0 Å². The average molecular weight is 254 g/mol. The molecule has 0 bridgehead atoms. The number of amides is 1. The van der Waals surface area contributed by atoms with Crippen LogP contribution in [0.4, 0.5) is 0 Å². The summed E-state index contributed by atoms with van der Waals surface area (Å²) in [4.78, 5) is 14.1. The highest BCUT2D eigenvalue weighted by molar-refractivity contribution is 5.76. The standard InChI is InChI=1S/C15H30N2O/c1-3-4-14-8-11-17(12-9-14)15(18)6-5-13(2)7-10-16/h13-14H,3-12,16H2,1-2H3. The molecule has 0 saturated carbocycles. The van der Waals surface area contributed by atoms with Crippen molar-refractivity contribution in [3.63, 3.8) is 0 Å². The number of likely N-dealkylation sites (tertiary alicyclic amines) is 1. The summed E-state index contributed by atoms with van der Waals surface area (Å²) < 4.78 is 0. The Morgan fingerprint density at radius 3 is 2.56 bits per heavy atom. The summed E-state index contributed by atoms with van der Waals surface area (Å²) in [7, 11) is 0. The first-order valence-electron chi connectivity index (χ1n) is 7.65. The molecule has 3 nitrogen and oxygen atoms in total. The van der Waals surface area contributed by atoms with Gasteiger partial charge < -0.3 is 10.6 Å². The molecule has 1 amide bonds. The molecule has 1 aliphatic rings. The highest BCUT2D eigenvalue weighted by Gasteiger charge is 2.22. The van der Waals surface area contributed by atoms with Crippen molar-refractivity contribution in [2.45, 2.75) is 58.8 Å². The molecule has 1 saturated heterocycles. The number of nitrogens with two attached hydrogens (primary N) is 1. The highest BCUT2D eigenvalue weighted by Crippen LogP contribution is 2.22. The van der Waals surface area contributed by atoms with E-state index in [2.05, 4.69) is 18.7 Å². The second-order valence-corrected chi connectivity index (χ2v) is 5.83. The third-order valence-corrected chi connectivity index (χ3v) is 4.17. The first-order valence-corrected chi connectivity index (χ1v) is 7.65. The van der Waals surface area contributed by atoms with Gasteiger partial charge in [-0.05, 0) is 44.1 Å². The van der Waals surface area contributed by atoms with E-state index in [1.54, 1.807) is 0 Å². The summed E-state index contributed by atoms with van der Waals surface area (Å²) in [5.41, 5.74) is 5.53. The number of piperidine rings is 1. The molecule has 1 unspecified atom stereocenters. The van der Waals surface area contributed by atoms with Crippen LogP contribution in [0.5, 0.6) is 0 Å². The molecule has 0 radical (unpaired) electrons. The van der Waals surface area contributed by atoms with Crippen LogP contribution in [0.15, 0.2) is 0 Å². The number of hydrogen-bond donors (Lipinski definition) is 1. The Labute approximate surface area is 112 Å². The van der Waals surface area contributed by atoms with Gasteiger partial charge in [-0.3, -0.25) is 4.79 Å². The van der Waals surface area contributed by atoms with E-state index in [9.17, 15) is 4.79 Å². The molecule has 106 valence electrons. The molecule has 1 fully saturated rings. The van der Waals surface area contributed by atoms with Crippen molar-refractivity contribution in [1.82, 2.24) is 4.90 Å². The quantitative estimate of drug-likeness (QED) is 0.759. The van der Waals surface area contributed by atoms with E-state index in [4.69, 9.17) is 5.73 Å². The first kappa shape index (κ1) is 15.5. The van der Waals surface area contributed by atoms with Crippen molar-refractivity contribution in [1.29, 1.82) is 0 Å². The predicted molar refractivity (Wildman–Crippen MR) is 76.3 cm³/mol. The van der Waals surface area contributed by atoms with Crippen molar-refractivity contribution in [2.75, 3.05) is 19.6 Å². The van der Waals surface area contributed by atoms with Gasteiger partial charge in [0.2, 0.25) is 5.91 Å². The van der Waals surface area contributed by atoms with E-state index in [0.29, 0.717) is 18.2 Å². The van der Waals surface area contributed by atoms with Crippen LogP contribution < -0.4 is 5.73 Å². The third kappa shape index (κ3) is 5.38. The largest absolute Gasteiger partial charge is 0.343 e. The number of hydrogen-bond acceptors (Lipinski definition) is 2. The minimum atomic E-state index is 0.355. The van der Waals surface area contributed by atoms with E-state index >= 15 is 0 Å². The van der Waals surface area contributed by atoms with Gasteiger partial charge >= 0.3 is 0 Å². The zero-order valence-electron chi connectivity index (χ0n) is 12.2. The molecular formula is C15H30N2O. The Kier molecular flexibility index (Phi) is 7.33. The summed E-state index contributed by atoms with van der Waals surface area (Å²) in [6, 6.07) is 0. The fourth-order valence-electron chi connectivity index (χ4n) is 2.84. The van der Waals surface area contributed by atoms with Crippen LogP contribution in [0.1, 0.15) is 58.8 Å². The summed E-state index contributed by atoms with van der Waals surface area (Å²) in [5.74, 6) is 1.79. The van der Waals surface area contributed by atoms with Crippen molar-refractivity contribution < 1.29 is 4.79 Å². The molecular weight excluding hydrogens is 224 g/mol. The molecule has 2 N–H and O–H groups in total. The lowest BCUT2D eigenvalue weighted by Gasteiger charge is -2.32. The van der Waals surface area contributed by atoms with Gasteiger partial charge in [0.15, 0.2) is 0 Å². The van der Waals surface area contributed by atoms with Crippen LogP contribution in [0.25, 0.3) is 0 Å². The van der Waals surface area contributed by atoms with E-state index in [0.717, 1.165) is 38.4 Å². The summed E-state index contributed by atoms with van der Waals surface area (Å²) in [6.07, 6.45) is 7.75. The van der Waals surface area contributed by atoms with Gasteiger partial charge in [0, 0.05) is 19.5 Å². The van der Waals surface area contributed by atoms with E-state index < -0.39 is 0 Å². The van der Waals surface area contributed by atoms with Gasteiger partial charge in [-0.15, -0.1) is 0 Å². The summed E-state index contributed by atoms with van der Waals surface area (Å²) in [5, 5.41) is 0. The zero-order valence-corrected chi connectivity index (χ0v) is 12.2. The van der Waals surface area contributed by atoms with Crippen LogP contribution in [0.3, 0.4) is 0 Å². The lowest BCUT2D eigenvalue weighted by atomic mass is 9.92. The molecule has 3 heteroatoms. The Morgan fingerprint density at radius 2 is 2.00 bits per heavy atom. The monoisotopic (exact) mass is 254 g/mol. The fraction of sp³-hybridized carbons (Fsp3) is 0.933. The molecule has 0 aromatic carbocycles. The van der Waals surface area contributed by atoms with Crippen molar-refractivity contribution in [3.8, 4) is 0 Å². The third-order valence-electron chi connectivity index (χ3n) is 4.17. The van der Waals surface area contributed by atoms with Crippen molar-refractivity contribution >= 4 is 5.91 Å². The molecule has 1 atom stereocenters. The number of carbonyl (C=O) groups excluding carboxylic acids is 1. The average Bonchev–Trinajstić information content (AvgIpc) is 2.37.